The summed E-state index contributed by atoms with van der Waals surface area (Å²) < 4.78 is 0. The minimum atomic E-state index is 0.793. The molecule has 29 heavy (non-hydrogen) atoms. The van der Waals surface area contributed by atoms with Crippen molar-refractivity contribution in [2.75, 3.05) is 0 Å². The quantitative estimate of drug-likeness (QED) is 0.476. The van der Waals surface area contributed by atoms with Crippen molar-refractivity contribution < 1.29 is 0 Å². The molecule has 0 nitrogen and oxygen atoms in total. The molecule has 2 aromatic carbocycles. The molecule has 0 spiro atoms. The Morgan fingerprint density at radius 3 is 1.48 bits per heavy atom. The van der Waals surface area contributed by atoms with Gasteiger partial charge in [-0.2, -0.15) is 0 Å². The first kappa shape index (κ1) is 25.5. The molecule has 2 unspecified atom stereocenters. The van der Waals surface area contributed by atoms with E-state index in [1.165, 1.54) is 32.1 Å². The standard InChI is InChI=1S/C13H18.C12H16.2C2H6/c1-10(2)12-9-5-7-11-6-3-4-8-13(11)12;1-9(2)11-8-7-10-5-3-4-6-12(10)11;2*1-2/h3-4,6,8,10,12H,5,7,9H2,1-2H3;3-6,9,11H,7-8H2,1-2H3;2*1-2H3. The van der Waals surface area contributed by atoms with Crippen molar-refractivity contribution in [1.82, 2.24) is 0 Å². The predicted molar refractivity (Wildman–Crippen MR) is 132 cm³/mol. The topological polar surface area (TPSA) is 0 Å². The summed E-state index contributed by atoms with van der Waals surface area (Å²) in [4.78, 5) is 0. The van der Waals surface area contributed by atoms with Crippen LogP contribution in [0.1, 0.15) is 109 Å². The SMILES string of the molecule is CC.CC.CC(C)C1CCCc2ccccc21.CC(C)C1CCc2ccccc21. The summed E-state index contributed by atoms with van der Waals surface area (Å²) >= 11 is 0. The highest BCUT2D eigenvalue weighted by Crippen LogP contribution is 2.38. The van der Waals surface area contributed by atoms with Crippen molar-refractivity contribution in [2.45, 2.75) is 99.3 Å². The van der Waals surface area contributed by atoms with Crippen LogP contribution >= 0.6 is 0 Å². The van der Waals surface area contributed by atoms with Crippen LogP contribution in [-0.4, -0.2) is 0 Å². The Morgan fingerprint density at radius 2 is 1.00 bits per heavy atom. The Balaban J connectivity index is 0.000000248. The molecule has 162 valence electrons. The number of benzene rings is 2. The van der Waals surface area contributed by atoms with Gasteiger partial charge in [0.25, 0.3) is 0 Å². The molecule has 0 N–H and O–H groups in total. The molecule has 0 heterocycles. The molecule has 2 aliphatic carbocycles. The second-order valence-corrected chi connectivity index (χ2v) is 8.53. The molecule has 4 rings (SSSR count). The average molecular weight is 395 g/mol. The van der Waals surface area contributed by atoms with Gasteiger partial charge < -0.3 is 0 Å². The maximum absolute atomic E-state index is 2.34. The van der Waals surface area contributed by atoms with E-state index in [1.807, 2.05) is 27.7 Å². The molecule has 2 atom stereocenters. The predicted octanol–water partition coefficient (Wildman–Crippen LogP) is 9.19. The van der Waals surface area contributed by atoms with E-state index in [0.717, 1.165) is 23.7 Å². The second-order valence-electron chi connectivity index (χ2n) is 8.53. The van der Waals surface area contributed by atoms with Gasteiger partial charge >= 0.3 is 0 Å². The number of hydrogen-bond acceptors (Lipinski definition) is 0. The highest BCUT2D eigenvalue weighted by molar-refractivity contribution is 5.35. The Hall–Kier alpha value is -1.56. The first-order chi connectivity index (χ1) is 14.1. The molecule has 0 aliphatic heterocycles. The minimum Gasteiger partial charge on any atom is -0.0683 e. The van der Waals surface area contributed by atoms with Gasteiger partial charge in [0.2, 0.25) is 0 Å². The van der Waals surface area contributed by atoms with E-state index in [9.17, 15) is 0 Å². The monoisotopic (exact) mass is 394 g/mol. The largest absolute Gasteiger partial charge is 0.0683 e. The minimum absolute atomic E-state index is 0.793. The molecule has 0 aromatic heterocycles. The van der Waals surface area contributed by atoms with Crippen LogP contribution in [0.4, 0.5) is 0 Å². The molecule has 0 saturated heterocycles. The van der Waals surface area contributed by atoms with E-state index in [0.29, 0.717) is 0 Å². The fraction of sp³-hybridized carbons (Fsp3) is 0.586. The normalized spacial score (nSPS) is 19.0. The van der Waals surface area contributed by atoms with Gasteiger partial charge in [0.1, 0.15) is 0 Å². The molecule has 0 bridgehead atoms. The van der Waals surface area contributed by atoms with Gasteiger partial charge in [0.05, 0.1) is 0 Å². The Bertz CT molecular complexity index is 680. The Labute approximate surface area is 182 Å². The van der Waals surface area contributed by atoms with E-state index in [-0.39, 0.29) is 0 Å². The molecule has 0 heteroatoms. The molecule has 2 aliphatic rings. The van der Waals surface area contributed by atoms with Crippen molar-refractivity contribution in [3.63, 3.8) is 0 Å². The average Bonchev–Trinajstić information content (AvgIpc) is 3.21. The zero-order chi connectivity index (χ0) is 21.8. The van der Waals surface area contributed by atoms with Crippen LogP contribution in [0.15, 0.2) is 48.5 Å². The summed E-state index contributed by atoms with van der Waals surface area (Å²) in [6, 6.07) is 17.9. The summed E-state index contributed by atoms with van der Waals surface area (Å²) in [6.07, 6.45) is 6.70. The summed E-state index contributed by atoms with van der Waals surface area (Å²) in [5.41, 5.74) is 6.39. The molecule has 2 aromatic rings. The van der Waals surface area contributed by atoms with E-state index in [1.54, 1.807) is 22.3 Å². The highest BCUT2D eigenvalue weighted by atomic mass is 14.3. The number of hydrogen-bond donors (Lipinski definition) is 0. The van der Waals surface area contributed by atoms with E-state index >= 15 is 0 Å². The molecule has 0 saturated carbocycles. The third kappa shape index (κ3) is 7.02. The van der Waals surface area contributed by atoms with Crippen molar-refractivity contribution in [1.29, 1.82) is 0 Å². The van der Waals surface area contributed by atoms with Gasteiger partial charge in [-0.15, -0.1) is 0 Å². The summed E-state index contributed by atoms with van der Waals surface area (Å²) in [5.74, 6) is 3.22. The lowest BCUT2D eigenvalue weighted by Crippen LogP contribution is -2.14. The fourth-order valence-electron chi connectivity index (χ4n) is 4.77. The van der Waals surface area contributed by atoms with Crippen LogP contribution in [0, 0.1) is 11.8 Å². The van der Waals surface area contributed by atoms with E-state index in [2.05, 4.69) is 76.2 Å². The van der Waals surface area contributed by atoms with Gasteiger partial charge in [0, 0.05) is 0 Å². The van der Waals surface area contributed by atoms with Crippen molar-refractivity contribution in [2.24, 2.45) is 11.8 Å². The lowest BCUT2D eigenvalue weighted by molar-refractivity contribution is 0.433. The molecular weight excluding hydrogens is 348 g/mol. The molecule has 0 fully saturated rings. The van der Waals surface area contributed by atoms with E-state index < -0.39 is 0 Å². The van der Waals surface area contributed by atoms with Crippen LogP contribution in [0.2, 0.25) is 0 Å². The van der Waals surface area contributed by atoms with Crippen molar-refractivity contribution in [3.05, 3.63) is 70.8 Å². The van der Waals surface area contributed by atoms with E-state index in [4.69, 9.17) is 0 Å². The Morgan fingerprint density at radius 1 is 0.586 bits per heavy atom. The maximum atomic E-state index is 2.34. The van der Waals surface area contributed by atoms with Crippen LogP contribution in [-0.2, 0) is 12.8 Å². The first-order valence-corrected chi connectivity index (χ1v) is 12.2. The zero-order valence-electron chi connectivity index (χ0n) is 20.5. The lowest BCUT2D eigenvalue weighted by Gasteiger charge is -2.28. The van der Waals surface area contributed by atoms with Gasteiger partial charge in [0.15, 0.2) is 0 Å². The molecule has 0 radical (unpaired) electrons. The molecule has 0 amide bonds. The van der Waals surface area contributed by atoms with Crippen molar-refractivity contribution in [3.8, 4) is 0 Å². The summed E-state index contributed by atoms with van der Waals surface area (Å²) in [7, 11) is 0. The third-order valence-corrected chi connectivity index (χ3v) is 6.20. The maximum Gasteiger partial charge on any atom is -0.0133 e. The van der Waals surface area contributed by atoms with Gasteiger partial charge in [-0.25, -0.2) is 0 Å². The van der Waals surface area contributed by atoms with Gasteiger partial charge in [-0.3, -0.25) is 0 Å². The van der Waals surface area contributed by atoms with Crippen LogP contribution in [0.3, 0.4) is 0 Å². The van der Waals surface area contributed by atoms with Crippen LogP contribution in [0.5, 0.6) is 0 Å². The third-order valence-electron chi connectivity index (χ3n) is 6.20. The highest BCUT2D eigenvalue weighted by Gasteiger charge is 2.24. The second kappa shape index (κ2) is 13.6. The number of aryl methyl sites for hydroxylation is 2. The lowest BCUT2D eigenvalue weighted by atomic mass is 9.77. The molecular formula is C29H46. The van der Waals surface area contributed by atoms with Crippen LogP contribution < -0.4 is 0 Å². The van der Waals surface area contributed by atoms with Crippen molar-refractivity contribution >= 4 is 0 Å². The van der Waals surface area contributed by atoms with Gasteiger partial charge in [-0.1, -0.05) is 104 Å². The smallest absolute Gasteiger partial charge is 0.0133 e. The number of fused-ring (bicyclic) bond motifs is 2. The first-order valence-electron chi connectivity index (χ1n) is 12.2. The number of rotatable bonds is 2. The zero-order valence-corrected chi connectivity index (χ0v) is 20.5. The summed E-state index contributed by atoms with van der Waals surface area (Å²) in [6.45, 7) is 17.3. The van der Waals surface area contributed by atoms with Crippen LogP contribution in [0.25, 0.3) is 0 Å². The fourth-order valence-corrected chi connectivity index (χ4v) is 4.77. The Kier molecular flexibility index (Phi) is 12.0. The van der Waals surface area contributed by atoms with Gasteiger partial charge in [-0.05, 0) is 78.0 Å². The summed E-state index contributed by atoms with van der Waals surface area (Å²) in [5, 5.41) is 0.